The van der Waals surface area contributed by atoms with Crippen molar-refractivity contribution in [3.05, 3.63) is 89.5 Å². The molecule has 3 rings (SSSR count). The van der Waals surface area contributed by atoms with Gasteiger partial charge < -0.3 is 35.1 Å². The summed E-state index contributed by atoms with van der Waals surface area (Å²) in [5.74, 6) is -2.53. The average molecular weight is 1570 g/mol. The van der Waals surface area contributed by atoms with Crippen LogP contribution in [0.5, 0.6) is 0 Å². The third kappa shape index (κ3) is 37.4. The van der Waals surface area contributed by atoms with E-state index in [0.29, 0.717) is 24.8 Å². The summed E-state index contributed by atoms with van der Waals surface area (Å²) >= 11 is 16.6. The Kier molecular flexibility index (Phi) is 52.1. The third-order valence-corrected chi connectivity index (χ3v) is 9.24. The number of benzene rings is 3. The molecule has 0 amide bonds. The maximum absolute atomic E-state index is 12.2. The van der Waals surface area contributed by atoms with Crippen molar-refractivity contribution < 1.29 is 74.5 Å². The normalized spacial score (nSPS) is 10.4. The summed E-state index contributed by atoms with van der Waals surface area (Å²) in [6, 6.07) is 21.0. The number of rotatable bonds is 11. The molecule has 0 radical (unpaired) electrons. The van der Waals surface area contributed by atoms with Gasteiger partial charge in [-0.3, -0.25) is 9.08 Å². The number of halogens is 7. The van der Waals surface area contributed by atoms with Gasteiger partial charge in [-0.25, -0.2) is 14.4 Å². The minimum atomic E-state index is -4.13. The van der Waals surface area contributed by atoms with E-state index in [-0.39, 0.29) is 67.2 Å². The fourth-order valence-electron chi connectivity index (χ4n) is 3.30. The molecule has 0 fully saturated rings. The summed E-state index contributed by atoms with van der Waals surface area (Å²) in [6.45, 7) is 13.5. The van der Waals surface area contributed by atoms with E-state index in [1.807, 2.05) is 57.2 Å². The molecule has 0 aromatic heterocycles. The van der Waals surface area contributed by atoms with Crippen molar-refractivity contribution in [1.29, 1.82) is 0 Å². The van der Waals surface area contributed by atoms with Gasteiger partial charge in [0, 0.05) is 47.0 Å². The fourth-order valence-corrected chi connectivity index (χ4v) is 5.52. The van der Waals surface area contributed by atoms with Crippen LogP contribution < -0.4 is 19.0 Å². The molecule has 27 heteroatoms. The zero-order chi connectivity index (χ0) is 48.8. The van der Waals surface area contributed by atoms with E-state index < -0.39 is 33.2 Å². The molecule has 4 N–H and O–H groups in total. The van der Waals surface area contributed by atoms with Crippen molar-refractivity contribution in [2.24, 2.45) is 21.2 Å². The molecule has 0 saturated carbocycles. The predicted octanol–water partition coefficient (Wildman–Crippen LogP) is 7.80. The summed E-state index contributed by atoms with van der Waals surface area (Å²) in [4.78, 5) is 45.3. The van der Waals surface area contributed by atoms with Gasteiger partial charge in [0.15, 0.2) is 0 Å². The number of hydrogen-bond donors (Lipinski definition) is 3. The molecule has 0 aliphatic carbocycles. The van der Waals surface area contributed by atoms with Crippen molar-refractivity contribution in [2.75, 3.05) is 33.0 Å². The number of carbonyl (C=O) groups excluding carboxylic acids is 4. The minimum absolute atomic E-state index is 0. The quantitative estimate of drug-likeness (QED) is 0.0242. The summed E-state index contributed by atoms with van der Waals surface area (Å²) in [5.41, 5.74) is 7.98. The number of carbonyl (C=O) groups is 4. The van der Waals surface area contributed by atoms with Crippen molar-refractivity contribution >= 4 is 171 Å². The Morgan fingerprint density at radius 2 is 1.00 bits per heavy atom. The standard InChI is InChI=1S/C18H19NO5S2.C11H13NO3S.C4H6ClNO3.C4H9NO2.CH4.ClH.I3.I2/c1-4-23-18(20)17(25-15-9-5-13(2)6-10-15)19-24-26(21,22)16-11-7-14(3)8-12-16;1-3-15-11(13)10(12-14)16-9-6-4-8(2)5-7-9;1-2-9-4(7)3(5)6-8;1-2-7-4(6)3-5;;;1-3-2;1-2/h5-12H,4H2,1-3H3;4-7,14H,3H2,1-2H3;8H,2H2,1H3;2-3,5H2,1H3;1H4;1H;;/q;;;;;;-1;/b19-17-;12-10-;6-3-;;;;;. The van der Waals surface area contributed by atoms with Crippen LogP contribution >= 0.6 is 122 Å². The molecule has 370 valence electrons. The Labute approximate surface area is 454 Å². The molecule has 0 aliphatic heterocycles. The van der Waals surface area contributed by atoms with Gasteiger partial charge >= 0.3 is 84.5 Å². The second-order valence-electron chi connectivity index (χ2n) is 10.6. The molecule has 65 heavy (non-hydrogen) atoms. The van der Waals surface area contributed by atoms with Gasteiger partial charge in [0.05, 0.1) is 33.0 Å². The van der Waals surface area contributed by atoms with Gasteiger partial charge in [0.2, 0.25) is 10.1 Å². The fraction of sp³-hybridized carbons (Fsp3) is 0.342. The summed E-state index contributed by atoms with van der Waals surface area (Å²) in [5, 5.41) is 24.7. The molecular weight excluding hydrogens is 1520 g/mol. The van der Waals surface area contributed by atoms with E-state index in [9.17, 15) is 27.6 Å². The molecule has 0 aliphatic rings. The second kappa shape index (κ2) is 46.5. The van der Waals surface area contributed by atoms with E-state index in [1.165, 1.54) is 12.1 Å². The van der Waals surface area contributed by atoms with Gasteiger partial charge in [-0.05, 0) is 84.9 Å². The number of esters is 4. The number of nitrogens with zero attached hydrogens (tertiary/aromatic N) is 3. The predicted molar refractivity (Wildman–Crippen MR) is 291 cm³/mol. The first-order valence-electron chi connectivity index (χ1n) is 17.5. The first-order valence-corrected chi connectivity index (χ1v) is 39.8. The Balaban J connectivity index is -0.000000263. The van der Waals surface area contributed by atoms with Crippen LogP contribution in [0.1, 0.15) is 51.8 Å². The Hall–Kier alpha value is -1.21. The van der Waals surface area contributed by atoms with Crippen LogP contribution in [0.25, 0.3) is 0 Å². The molecule has 3 aromatic rings. The number of hydrogen-bond acceptors (Lipinski definition) is 19. The molecule has 0 bridgehead atoms. The number of oxime groups is 3. The van der Waals surface area contributed by atoms with Gasteiger partial charge in [0.25, 0.3) is 5.17 Å². The number of aryl methyl sites for hydroxylation is 3. The zero-order valence-corrected chi connectivity index (χ0v) is 50.0. The topological polar surface area (TPSA) is 252 Å². The molecule has 0 heterocycles. The van der Waals surface area contributed by atoms with Crippen molar-refractivity contribution in [1.82, 2.24) is 0 Å². The Morgan fingerprint density at radius 3 is 1.32 bits per heavy atom. The van der Waals surface area contributed by atoms with Crippen molar-refractivity contribution in [3.63, 3.8) is 0 Å². The third-order valence-electron chi connectivity index (χ3n) is 5.99. The Morgan fingerprint density at radius 1 is 0.662 bits per heavy atom. The van der Waals surface area contributed by atoms with Crippen LogP contribution in [0.15, 0.2) is 103 Å². The zero-order valence-electron chi connectivity index (χ0n) is 35.2. The van der Waals surface area contributed by atoms with E-state index in [0.717, 1.165) is 45.1 Å². The summed E-state index contributed by atoms with van der Waals surface area (Å²) in [6.07, 6.45) is 0. The molecule has 3 aromatic carbocycles. The Bertz CT molecular complexity index is 1980. The van der Waals surface area contributed by atoms with E-state index in [4.69, 9.17) is 41.5 Å². The van der Waals surface area contributed by atoms with Crippen LogP contribution in [-0.2, 0) is 52.5 Å². The van der Waals surface area contributed by atoms with Gasteiger partial charge in [0.1, 0.15) is 4.90 Å². The second-order valence-corrected chi connectivity index (χ2v) is 30.8. The molecule has 0 unspecified atom stereocenters. The summed E-state index contributed by atoms with van der Waals surface area (Å²) in [7, 11) is -4.13. The number of nitrogens with two attached hydrogens (primary N) is 1. The van der Waals surface area contributed by atoms with Crippen molar-refractivity contribution in [2.45, 2.75) is 70.6 Å². The maximum atomic E-state index is 12.2. The summed E-state index contributed by atoms with van der Waals surface area (Å²) < 4.78 is 47.6. The van der Waals surface area contributed by atoms with E-state index in [1.54, 1.807) is 52.0 Å². The SMILES string of the molecule is C.CCOC(=O)/C(=N/O)Sc1ccc(C)cc1.CCOC(=O)/C(=N/OS(=O)(=O)c1ccc(C)cc1)Sc1ccc(C)cc1.CCOC(=O)/C(Cl)=N/O.CCOC(=O)CN.Cl.II.I[I-]I. The van der Waals surface area contributed by atoms with Crippen molar-refractivity contribution in [3.8, 4) is 0 Å². The molecule has 0 saturated heterocycles. The molecule has 0 spiro atoms. The molecule has 0 atom stereocenters. The first kappa shape index (κ1) is 72.8. The number of thioether (sulfide) groups is 2. The van der Waals surface area contributed by atoms with Crippen LogP contribution in [-0.4, -0.2) is 90.9 Å². The van der Waals surface area contributed by atoms with Gasteiger partial charge in [-0.1, -0.05) is 111 Å². The first-order chi connectivity index (χ1) is 29.9. The van der Waals surface area contributed by atoms with Crippen LogP contribution in [0.4, 0.5) is 0 Å². The van der Waals surface area contributed by atoms with E-state index in [2.05, 4.69) is 99.4 Å². The monoisotopic (exact) mass is 1570 g/mol. The van der Waals surface area contributed by atoms with Gasteiger partial charge in [-0.2, -0.15) is 8.42 Å². The molecular formula is C38H52Cl2I5N4O13S3-. The van der Waals surface area contributed by atoms with Crippen LogP contribution in [0.3, 0.4) is 0 Å². The average Bonchev–Trinajstić information content (AvgIpc) is 3.27. The molecule has 17 nitrogen and oxygen atoms in total. The van der Waals surface area contributed by atoms with Crippen LogP contribution in [0.2, 0.25) is 0 Å². The van der Waals surface area contributed by atoms with Crippen LogP contribution in [0, 0.1) is 20.8 Å². The number of ether oxygens (including phenoxy) is 4. The van der Waals surface area contributed by atoms with Gasteiger partial charge in [-0.15, -0.1) is 12.4 Å². The van der Waals surface area contributed by atoms with E-state index >= 15 is 0 Å².